The number of aliphatic hydroxyl groups excluding tert-OH is 1. The van der Waals surface area contributed by atoms with Crippen LogP contribution in [0, 0.1) is 17.7 Å². The summed E-state index contributed by atoms with van der Waals surface area (Å²) in [6.45, 7) is -0.732. The van der Waals surface area contributed by atoms with Crippen LogP contribution in [0.1, 0.15) is 17.5 Å². The highest BCUT2D eigenvalue weighted by Gasteiger charge is 2.30. The van der Waals surface area contributed by atoms with Crippen molar-refractivity contribution in [1.29, 1.82) is 0 Å². The van der Waals surface area contributed by atoms with Crippen LogP contribution in [0.3, 0.4) is 0 Å². The molecular weight excluding hydrogens is 278 g/mol. The molecule has 0 saturated carbocycles. The van der Waals surface area contributed by atoms with Crippen molar-refractivity contribution in [3.63, 3.8) is 0 Å². The van der Waals surface area contributed by atoms with Gasteiger partial charge in [-0.2, -0.15) is 13.2 Å². The van der Waals surface area contributed by atoms with Gasteiger partial charge in [-0.05, 0) is 18.2 Å². The second kappa shape index (κ2) is 6.91. The molecule has 0 bridgehead atoms. The van der Waals surface area contributed by atoms with E-state index in [1.54, 1.807) is 0 Å². The van der Waals surface area contributed by atoms with Crippen LogP contribution in [-0.4, -0.2) is 23.8 Å². The monoisotopic (exact) mass is 289 g/mol. The van der Waals surface area contributed by atoms with Gasteiger partial charge in [0.1, 0.15) is 18.8 Å². The topological polar surface area (TPSA) is 49.3 Å². The normalized spacial score (nSPS) is 10.7. The maximum Gasteiger partial charge on any atom is 0.397 e. The van der Waals surface area contributed by atoms with E-state index in [0.29, 0.717) is 5.56 Å². The Hall–Kier alpha value is -2.07. The molecular formula is C13H11F4NO2. The lowest BCUT2D eigenvalue weighted by Gasteiger charge is -2.08. The van der Waals surface area contributed by atoms with Gasteiger partial charge in [0, 0.05) is 17.7 Å². The lowest BCUT2D eigenvalue weighted by molar-refractivity contribution is -0.153. The van der Waals surface area contributed by atoms with Gasteiger partial charge in [-0.3, -0.25) is 4.79 Å². The molecule has 1 amide bonds. The van der Waals surface area contributed by atoms with Crippen molar-refractivity contribution in [1.82, 2.24) is 5.32 Å². The number of carbonyl (C=O) groups excluding carboxylic acids is 1. The molecule has 0 aliphatic heterocycles. The van der Waals surface area contributed by atoms with Crippen molar-refractivity contribution < 1.29 is 27.5 Å². The zero-order valence-corrected chi connectivity index (χ0v) is 10.2. The van der Waals surface area contributed by atoms with E-state index >= 15 is 0 Å². The van der Waals surface area contributed by atoms with Crippen molar-refractivity contribution in [2.24, 2.45) is 0 Å². The quantitative estimate of drug-likeness (QED) is 0.658. The van der Waals surface area contributed by atoms with Crippen LogP contribution in [0.4, 0.5) is 17.6 Å². The first-order chi connectivity index (χ1) is 9.31. The number of rotatable bonds is 3. The standard InChI is InChI=1S/C13H11F4NO2/c14-11-4-3-9(2-1-5-19)6-10(11)8-18-12(20)7-13(15,16)17/h3-4,6,19H,5,7-8H2,(H,18,20). The van der Waals surface area contributed by atoms with Gasteiger partial charge in [-0.25, -0.2) is 4.39 Å². The zero-order valence-electron chi connectivity index (χ0n) is 10.2. The molecule has 2 N–H and O–H groups in total. The molecule has 0 heterocycles. The van der Waals surface area contributed by atoms with E-state index in [0.717, 1.165) is 6.07 Å². The van der Waals surface area contributed by atoms with E-state index < -0.39 is 24.3 Å². The molecule has 108 valence electrons. The van der Waals surface area contributed by atoms with E-state index in [1.165, 1.54) is 12.1 Å². The van der Waals surface area contributed by atoms with Gasteiger partial charge >= 0.3 is 6.18 Å². The second-order valence-electron chi connectivity index (χ2n) is 3.83. The fourth-order valence-electron chi connectivity index (χ4n) is 1.37. The van der Waals surface area contributed by atoms with E-state index in [-0.39, 0.29) is 18.7 Å². The molecule has 1 rings (SSSR count). The Morgan fingerprint density at radius 1 is 1.35 bits per heavy atom. The number of nitrogens with one attached hydrogen (secondary N) is 1. The molecule has 0 fully saturated rings. The van der Waals surface area contributed by atoms with Crippen LogP contribution in [0.25, 0.3) is 0 Å². The molecule has 0 radical (unpaired) electrons. The first-order valence-corrected chi connectivity index (χ1v) is 5.53. The Morgan fingerprint density at radius 3 is 2.65 bits per heavy atom. The van der Waals surface area contributed by atoms with Gasteiger partial charge in [0.25, 0.3) is 0 Å². The molecule has 20 heavy (non-hydrogen) atoms. The highest BCUT2D eigenvalue weighted by atomic mass is 19.4. The van der Waals surface area contributed by atoms with Gasteiger partial charge in [0.15, 0.2) is 0 Å². The first kappa shape index (κ1) is 16.0. The fraction of sp³-hybridized carbons (Fsp3) is 0.308. The molecule has 1 aromatic rings. The van der Waals surface area contributed by atoms with Crippen molar-refractivity contribution in [2.75, 3.05) is 6.61 Å². The molecule has 3 nitrogen and oxygen atoms in total. The predicted molar refractivity (Wildman–Crippen MR) is 62.9 cm³/mol. The van der Waals surface area contributed by atoms with Crippen LogP contribution >= 0.6 is 0 Å². The molecule has 1 aromatic carbocycles. The summed E-state index contributed by atoms with van der Waals surface area (Å²) >= 11 is 0. The summed E-state index contributed by atoms with van der Waals surface area (Å²) in [6, 6.07) is 3.75. The van der Waals surface area contributed by atoms with Crippen LogP contribution < -0.4 is 5.32 Å². The summed E-state index contributed by atoms with van der Waals surface area (Å²) in [5.41, 5.74) is 0.408. The van der Waals surface area contributed by atoms with E-state index in [9.17, 15) is 22.4 Å². The third-order valence-electron chi connectivity index (χ3n) is 2.19. The number of halogens is 4. The lowest BCUT2D eigenvalue weighted by Crippen LogP contribution is -2.28. The summed E-state index contributed by atoms with van der Waals surface area (Å²) in [4.78, 5) is 11.0. The van der Waals surface area contributed by atoms with E-state index in [2.05, 4.69) is 11.8 Å². The van der Waals surface area contributed by atoms with Crippen LogP contribution in [-0.2, 0) is 11.3 Å². The van der Waals surface area contributed by atoms with Crippen molar-refractivity contribution in [3.05, 3.63) is 35.1 Å². The molecule has 0 aliphatic carbocycles. The van der Waals surface area contributed by atoms with Crippen LogP contribution in [0.2, 0.25) is 0 Å². The maximum absolute atomic E-state index is 13.4. The minimum absolute atomic E-state index is 0.0188. The largest absolute Gasteiger partial charge is 0.397 e. The zero-order chi connectivity index (χ0) is 15.2. The minimum Gasteiger partial charge on any atom is -0.384 e. The van der Waals surface area contributed by atoms with E-state index in [1.807, 2.05) is 5.32 Å². The number of benzene rings is 1. The molecule has 0 saturated heterocycles. The van der Waals surface area contributed by atoms with Crippen molar-refractivity contribution >= 4 is 5.91 Å². The van der Waals surface area contributed by atoms with Gasteiger partial charge in [0.05, 0.1) is 0 Å². The van der Waals surface area contributed by atoms with Crippen molar-refractivity contribution in [3.8, 4) is 11.8 Å². The van der Waals surface area contributed by atoms with E-state index in [4.69, 9.17) is 5.11 Å². The van der Waals surface area contributed by atoms with Gasteiger partial charge in [0.2, 0.25) is 5.91 Å². The summed E-state index contributed by atoms with van der Waals surface area (Å²) in [7, 11) is 0. The first-order valence-electron chi connectivity index (χ1n) is 5.53. The molecule has 0 aromatic heterocycles. The third kappa shape index (κ3) is 5.71. The minimum atomic E-state index is -4.60. The number of carbonyl (C=O) groups is 1. The Morgan fingerprint density at radius 2 is 2.05 bits per heavy atom. The Kier molecular flexibility index (Phi) is 5.53. The highest BCUT2D eigenvalue weighted by molar-refractivity contribution is 5.76. The fourth-order valence-corrected chi connectivity index (χ4v) is 1.37. The molecule has 0 aliphatic rings. The average molecular weight is 289 g/mol. The lowest BCUT2D eigenvalue weighted by atomic mass is 10.1. The Labute approximate surface area is 112 Å². The smallest absolute Gasteiger partial charge is 0.384 e. The number of alkyl halides is 3. The second-order valence-corrected chi connectivity index (χ2v) is 3.83. The third-order valence-corrected chi connectivity index (χ3v) is 2.19. The average Bonchev–Trinajstić information content (AvgIpc) is 2.34. The molecule has 0 spiro atoms. The molecule has 0 unspecified atom stereocenters. The number of hydrogen-bond acceptors (Lipinski definition) is 2. The van der Waals surface area contributed by atoms with Gasteiger partial charge in [-0.1, -0.05) is 11.8 Å². The molecule has 7 heteroatoms. The van der Waals surface area contributed by atoms with Crippen molar-refractivity contribution in [2.45, 2.75) is 19.1 Å². The maximum atomic E-state index is 13.4. The predicted octanol–water partition coefficient (Wildman–Crippen LogP) is 1.74. The number of aliphatic hydroxyl groups is 1. The summed E-state index contributed by atoms with van der Waals surface area (Å²) in [5, 5.41) is 10.5. The Bertz CT molecular complexity index is 544. The van der Waals surface area contributed by atoms with Crippen LogP contribution in [0.5, 0.6) is 0 Å². The number of hydrogen-bond donors (Lipinski definition) is 2. The summed E-state index contributed by atoms with van der Waals surface area (Å²) < 4.78 is 49.2. The SMILES string of the molecule is O=C(CC(F)(F)F)NCc1cc(C#CCO)ccc1F. The van der Waals surface area contributed by atoms with Gasteiger partial charge < -0.3 is 10.4 Å². The summed E-state index contributed by atoms with van der Waals surface area (Å²) in [5.74, 6) is 2.99. The Balaban J connectivity index is 2.70. The highest BCUT2D eigenvalue weighted by Crippen LogP contribution is 2.19. The van der Waals surface area contributed by atoms with Gasteiger partial charge in [-0.15, -0.1) is 0 Å². The van der Waals surface area contributed by atoms with Crippen LogP contribution in [0.15, 0.2) is 18.2 Å². The number of amides is 1. The summed E-state index contributed by atoms with van der Waals surface area (Å²) in [6.07, 6.45) is -6.21. The molecule has 0 atom stereocenters.